The number of amides is 1. The summed E-state index contributed by atoms with van der Waals surface area (Å²) in [6, 6.07) is 5.88. The first-order chi connectivity index (χ1) is 8.29. The molecular formula is C12H15NO4S. The molecule has 18 heavy (non-hydrogen) atoms. The van der Waals surface area contributed by atoms with Crippen LogP contribution in [0.25, 0.3) is 0 Å². The Balaban J connectivity index is 2.64. The van der Waals surface area contributed by atoms with Crippen LogP contribution in [0.1, 0.15) is 19.8 Å². The lowest BCUT2D eigenvalue weighted by molar-refractivity contribution is -0.121. The van der Waals surface area contributed by atoms with E-state index in [1.165, 1.54) is 31.2 Å². The van der Waals surface area contributed by atoms with Gasteiger partial charge in [0.2, 0.25) is 5.91 Å². The Hall–Kier alpha value is -1.69. The van der Waals surface area contributed by atoms with Crippen molar-refractivity contribution in [2.45, 2.75) is 24.7 Å². The van der Waals surface area contributed by atoms with Crippen LogP contribution in [0.4, 0.5) is 5.69 Å². The van der Waals surface area contributed by atoms with Crippen molar-refractivity contribution < 1.29 is 18.0 Å². The smallest absolute Gasteiger partial charge is 0.224 e. The van der Waals surface area contributed by atoms with Crippen molar-refractivity contribution in [3.8, 4) is 0 Å². The van der Waals surface area contributed by atoms with Gasteiger partial charge in [-0.05, 0) is 31.2 Å². The van der Waals surface area contributed by atoms with Crippen molar-refractivity contribution in [3.63, 3.8) is 0 Å². The first-order valence-electron chi connectivity index (χ1n) is 5.38. The van der Waals surface area contributed by atoms with Crippen molar-refractivity contribution in [1.82, 2.24) is 0 Å². The van der Waals surface area contributed by atoms with Crippen LogP contribution in [-0.2, 0) is 19.4 Å². The number of benzene rings is 1. The van der Waals surface area contributed by atoms with Gasteiger partial charge in [-0.15, -0.1) is 0 Å². The van der Waals surface area contributed by atoms with Crippen LogP contribution in [0.5, 0.6) is 0 Å². The second kappa shape index (κ2) is 5.77. The standard InChI is InChI=1S/C12H15NO4S/c1-9(14)3-8-12(15)13-10-4-6-11(7-5-10)18(2,16)17/h4-7H,3,8H2,1-2H3,(H,13,15). The molecule has 98 valence electrons. The number of ketones is 1. The maximum absolute atomic E-state index is 11.4. The third-order valence-electron chi connectivity index (χ3n) is 2.27. The first kappa shape index (κ1) is 14.4. The van der Waals surface area contributed by atoms with Crippen LogP contribution >= 0.6 is 0 Å². The molecule has 1 aromatic rings. The lowest BCUT2D eigenvalue weighted by Gasteiger charge is -2.05. The largest absolute Gasteiger partial charge is 0.326 e. The normalized spacial score (nSPS) is 11.0. The molecule has 0 aromatic heterocycles. The lowest BCUT2D eigenvalue weighted by Crippen LogP contribution is -2.12. The number of nitrogens with one attached hydrogen (secondary N) is 1. The Labute approximate surface area is 106 Å². The van der Waals surface area contributed by atoms with Gasteiger partial charge >= 0.3 is 0 Å². The molecule has 5 nitrogen and oxygen atoms in total. The SMILES string of the molecule is CC(=O)CCC(=O)Nc1ccc(S(C)(=O)=O)cc1. The van der Waals surface area contributed by atoms with E-state index in [1.54, 1.807) is 0 Å². The summed E-state index contributed by atoms with van der Waals surface area (Å²) in [6.07, 6.45) is 1.45. The zero-order valence-electron chi connectivity index (χ0n) is 10.3. The highest BCUT2D eigenvalue weighted by atomic mass is 32.2. The van der Waals surface area contributed by atoms with Gasteiger partial charge in [0.15, 0.2) is 9.84 Å². The molecular weight excluding hydrogens is 254 g/mol. The fraction of sp³-hybridized carbons (Fsp3) is 0.333. The Morgan fingerprint density at radius 3 is 2.11 bits per heavy atom. The van der Waals surface area contributed by atoms with Gasteiger partial charge in [-0.25, -0.2) is 8.42 Å². The van der Waals surface area contributed by atoms with E-state index in [9.17, 15) is 18.0 Å². The molecule has 1 amide bonds. The van der Waals surface area contributed by atoms with Crippen LogP contribution in [-0.4, -0.2) is 26.4 Å². The number of carbonyl (C=O) groups excluding carboxylic acids is 2. The van der Waals surface area contributed by atoms with E-state index in [1.807, 2.05) is 0 Å². The van der Waals surface area contributed by atoms with E-state index >= 15 is 0 Å². The maximum atomic E-state index is 11.4. The number of hydrogen-bond acceptors (Lipinski definition) is 4. The van der Waals surface area contributed by atoms with Gasteiger partial charge in [0.05, 0.1) is 4.90 Å². The number of Topliss-reactive ketones (excluding diaryl/α,β-unsaturated/α-hetero) is 1. The summed E-state index contributed by atoms with van der Waals surface area (Å²) < 4.78 is 22.4. The second-order valence-corrected chi connectivity index (χ2v) is 6.06. The number of anilines is 1. The third kappa shape index (κ3) is 4.67. The van der Waals surface area contributed by atoms with Gasteiger partial charge in [0.1, 0.15) is 5.78 Å². The summed E-state index contributed by atoms with van der Waals surface area (Å²) in [4.78, 5) is 22.3. The van der Waals surface area contributed by atoms with E-state index in [0.717, 1.165) is 6.26 Å². The van der Waals surface area contributed by atoms with Gasteiger partial charge in [-0.3, -0.25) is 4.79 Å². The molecule has 0 aliphatic heterocycles. The monoisotopic (exact) mass is 269 g/mol. The van der Waals surface area contributed by atoms with E-state index in [2.05, 4.69) is 5.32 Å². The van der Waals surface area contributed by atoms with E-state index in [-0.39, 0.29) is 29.4 Å². The van der Waals surface area contributed by atoms with E-state index in [0.29, 0.717) is 5.69 Å². The van der Waals surface area contributed by atoms with E-state index < -0.39 is 9.84 Å². The lowest BCUT2D eigenvalue weighted by atomic mass is 10.2. The average Bonchev–Trinajstić information content (AvgIpc) is 2.26. The molecule has 0 radical (unpaired) electrons. The van der Waals surface area contributed by atoms with Crippen molar-refractivity contribution in [3.05, 3.63) is 24.3 Å². The van der Waals surface area contributed by atoms with Crippen molar-refractivity contribution in [1.29, 1.82) is 0 Å². The Kier molecular flexibility index (Phi) is 4.61. The fourth-order valence-electron chi connectivity index (χ4n) is 1.30. The average molecular weight is 269 g/mol. The molecule has 0 fully saturated rings. The highest BCUT2D eigenvalue weighted by Gasteiger charge is 2.08. The van der Waals surface area contributed by atoms with Gasteiger partial charge in [-0.2, -0.15) is 0 Å². The zero-order chi connectivity index (χ0) is 13.8. The van der Waals surface area contributed by atoms with E-state index in [4.69, 9.17) is 0 Å². The topological polar surface area (TPSA) is 80.3 Å². The van der Waals surface area contributed by atoms with Crippen LogP contribution < -0.4 is 5.32 Å². The molecule has 0 unspecified atom stereocenters. The van der Waals surface area contributed by atoms with Gasteiger partial charge in [0.25, 0.3) is 0 Å². The molecule has 0 saturated carbocycles. The maximum Gasteiger partial charge on any atom is 0.224 e. The molecule has 0 bridgehead atoms. The molecule has 0 aliphatic carbocycles. The summed E-state index contributed by atoms with van der Waals surface area (Å²) >= 11 is 0. The van der Waals surface area contributed by atoms with Crippen LogP contribution in [0.15, 0.2) is 29.2 Å². The van der Waals surface area contributed by atoms with Gasteiger partial charge < -0.3 is 10.1 Å². The molecule has 1 rings (SSSR count). The highest BCUT2D eigenvalue weighted by molar-refractivity contribution is 7.90. The number of hydrogen-bond donors (Lipinski definition) is 1. The molecule has 0 heterocycles. The third-order valence-corrected chi connectivity index (χ3v) is 3.40. The first-order valence-corrected chi connectivity index (χ1v) is 7.27. The minimum absolute atomic E-state index is 0.0439. The highest BCUT2D eigenvalue weighted by Crippen LogP contribution is 2.14. The van der Waals surface area contributed by atoms with Crippen LogP contribution in [0.2, 0.25) is 0 Å². The molecule has 1 N–H and O–H groups in total. The van der Waals surface area contributed by atoms with Gasteiger partial charge in [0, 0.05) is 24.8 Å². The van der Waals surface area contributed by atoms with Crippen molar-refractivity contribution >= 4 is 27.2 Å². The molecule has 1 aromatic carbocycles. The van der Waals surface area contributed by atoms with Crippen LogP contribution in [0, 0.1) is 0 Å². The van der Waals surface area contributed by atoms with Crippen molar-refractivity contribution in [2.24, 2.45) is 0 Å². The summed E-state index contributed by atoms with van der Waals surface area (Å²) in [5.41, 5.74) is 0.510. The zero-order valence-corrected chi connectivity index (χ0v) is 11.1. The van der Waals surface area contributed by atoms with Crippen molar-refractivity contribution in [2.75, 3.05) is 11.6 Å². The summed E-state index contributed by atoms with van der Waals surface area (Å²) in [5.74, 6) is -0.310. The predicted octanol–water partition coefficient (Wildman–Crippen LogP) is 1.40. The number of sulfone groups is 1. The molecule has 0 aliphatic rings. The quantitative estimate of drug-likeness (QED) is 0.876. The fourth-order valence-corrected chi connectivity index (χ4v) is 1.93. The predicted molar refractivity (Wildman–Crippen MR) is 68.1 cm³/mol. The Morgan fingerprint density at radius 2 is 1.67 bits per heavy atom. The molecule has 0 saturated heterocycles. The molecule has 0 atom stereocenters. The minimum Gasteiger partial charge on any atom is -0.326 e. The number of carbonyl (C=O) groups is 2. The second-order valence-electron chi connectivity index (χ2n) is 4.05. The summed E-state index contributed by atoms with van der Waals surface area (Å²) in [7, 11) is -3.23. The van der Waals surface area contributed by atoms with Crippen LogP contribution in [0.3, 0.4) is 0 Å². The minimum atomic E-state index is -3.23. The molecule has 0 spiro atoms. The Bertz CT molecular complexity index is 546. The Morgan fingerprint density at radius 1 is 1.11 bits per heavy atom. The number of rotatable bonds is 5. The summed E-state index contributed by atoms with van der Waals surface area (Å²) in [6.45, 7) is 1.42. The summed E-state index contributed by atoms with van der Waals surface area (Å²) in [5, 5.41) is 2.59. The van der Waals surface area contributed by atoms with Gasteiger partial charge in [-0.1, -0.05) is 0 Å². The molecule has 6 heteroatoms.